The van der Waals surface area contributed by atoms with Crippen molar-refractivity contribution in [2.75, 3.05) is 26.2 Å². The van der Waals surface area contributed by atoms with Gasteiger partial charge in [-0.1, -0.05) is 36.4 Å². The van der Waals surface area contributed by atoms with Crippen LogP contribution in [0, 0.1) is 0 Å². The number of carbonyl (C=O) groups excluding carboxylic acids is 3. The molecule has 0 aliphatic carbocycles. The molecular weight excluding hydrogens is 368 g/mol. The van der Waals surface area contributed by atoms with Crippen LogP contribution in [0.15, 0.2) is 71.1 Å². The number of aldehydes is 1. The lowest BCUT2D eigenvalue weighted by Crippen LogP contribution is -2.50. The van der Waals surface area contributed by atoms with Gasteiger partial charge < -0.3 is 14.2 Å². The van der Waals surface area contributed by atoms with Crippen LogP contribution in [0.5, 0.6) is 0 Å². The van der Waals surface area contributed by atoms with Crippen LogP contribution in [0.3, 0.4) is 0 Å². The molecule has 146 valence electrons. The maximum atomic E-state index is 13.1. The predicted molar refractivity (Wildman–Crippen MR) is 108 cm³/mol. The van der Waals surface area contributed by atoms with Gasteiger partial charge in [-0.3, -0.25) is 14.4 Å². The van der Waals surface area contributed by atoms with Gasteiger partial charge in [0.25, 0.3) is 11.8 Å². The summed E-state index contributed by atoms with van der Waals surface area (Å²) in [5, 5.41) is 0. The Balaban J connectivity index is 1.48. The molecule has 0 unspecified atom stereocenters. The molecule has 0 N–H and O–H groups in total. The summed E-state index contributed by atoms with van der Waals surface area (Å²) in [5.41, 5.74) is 1.82. The Bertz CT molecular complexity index is 1030. The second-order valence-corrected chi connectivity index (χ2v) is 6.82. The van der Waals surface area contributed by atoms with Crippen molar-refractivity contribution in [1.82, 2.24) is 9.80 Å². The van der Waals surface area contributed by atoms with E-state index in [1.165, 1.54) is 0 Å². The maximum absolute atomic E-state index is 13.1. The third-order valence-electron chi connectivity index (χ3n) is 5.04. The molecule has 0 bridgehead atoms. The molecule has 2 amide bonds. The fourth-order valence-electron chi connectivity index (χ4n) is 3.49. The van der Waals surface area contributed by atoms with Gasteiger partial charge >= 0.3 is 0 Å². The van der Waals surface area contributed by atoms with Crippen molar-refractivity contribution in [3.8, 4) is 11.3 Å². The molecule has 2 aromatic carbocycles. The second-order valence-electron chi connectivity index (χ2n) is 6.82. The number of benzene rings is 2. The Labute approximate surface area is 168 Å². The molecule has 29 heavy (non-hydrogen) atoms. The maximum Gasteiger partial charge on any atom is 0.254 e. The summed E-state index contributed by atoms with van der Waals surface area (Å²) in [6.45, 7) is 1.89. The number of piperazine rings is 1. The van der Waals surface area contributed by atoms with Crippen LogP contribution < -0.4 is 0 Å². The Morgan fingerprint density at radius 3 is 2.03 bits per heavy atom. The minimum Gasteiger partial charge on any atom is -0.453 e. The first kappa shape index (κ1) is 18.7. The van der Waals surface area contributed by atoms with E-state index in [9.17, 15) is 14.4 Å². The van der Waals surface area contributed by atoms with E-state index in [1.807, 2.05) is 24.3 Å². The lowest BCUT2D eigenvalue weighted by Gasteiger charge is -2.35. The van der Waals surface area contributed by atoms with Gasteiger partial charge in [0, 0.05) is 37.3 Å². The quantitative estimate of drug-likeness (QED) is 0.643. The van der Waals surface area contributed by atoms with Crippen molar-refractivity contribution >= 4 is 18.1 Å². The van der Waals surface area contributed by atoms with E-state index >= 15 is 0 Å². The van der Waals surface area contributed by atoms with E-state index in [0.29, 0.717) is 54.9 Å². The van der Waals surface area contributed by atoms with E-state index < -0.39 is 0 Å². The second kappa shape index (κ2) is 8.14. The van der Waals surface area contributed by atoms with Gasteiger partial charge in [0.1, 0.15) is 5.76 Å². The predicted octanol–water partition coefficient (Wildman–Crippen LogP) is 3.36. The van der Waals surface area contributed by atoms with Gasteiger partial charge in [0.05, 0.1) is 5.56 Å². The summed E-state index contributed by atoms with van der Waals surface area (Å²) in [7, 11) is 0. The van der Waals surface area contributed by atoms with E-state index in [2.05, 4.69) is 0 Å². The minimum absolute atomic E-state index is 0.0184. The van der Waals surface area contributed by atoms with Crippen molar-refractivity contribution in [1.29, 1.82) is 0 Å². The van der Waals surface area contributed by atoms with E-state index in [0.717, 1.165) is 0 Å². The summed E-state index contributed by atoms with van der Waals surface area (Å²) in [6, 6.07) is 19.6. The van der Waals surface area contributed by atoms with Crippen LogP contribution in [-0.4, -0.2) is 54.1 Å². The Morgan fingerprint density at radius 2 is 1.38 bits per heavy atom. The van der Waals surface area contributed by atoms with Crippen LogP contribution in [0.1, 0.15) is 31.3 Å². The zero-order chi connectivity index (χ0) is 20.2. The van der Waals surface area contributed by atoms with Crippen LogP contribution in [0.4, 0.5) is 0 Å². The first-order valence-electron chi connectivity index (χ1n) is 9.45. The van der Waals surface area contributed by atoms with Crippen molar-refractivity contribution in [3.05, 3.63) is 83.6 Å². The molecule has 3 aromatic rings. The normalized spacial score (nSPS) is 13.9. The number of nitrogens with zero attached hydrogens (tertiary/aromatic N) is 2. The summed E-state index contributed by atoms with van der Waals surface area (Å²) >= 11 is 0. The van der Waals surface area contributed by atoms with Crippen LogP contribution in [0.2, 0.25) is 0 Å². The van der Waals surface area contributed by atoms with Crippen molar-refractivity contribution in [3.63, 3.8) is 0 Å². The summed E-state index contributed by atoms with van der Waals surface area (Å²) in [4.78, 5) is 40.1. The number of amides is 2. The SMILES string of the molecule is O=Cc1ccc(-c2ccccc2C(=O)N2CCN(C(=O)c3ccccc3)CC2)o1. The molecule has 6 nitrogen and oxygen atoms in total. The van der Waals surface area contributed by atoms with Gasteiger partial charge in [0.2, 0.25) is 0 Å². The highest BCUT2D eigenvalue weighted by atomic mass is 16.3. The molecule has 1 fully saturated rings. The number of hydrogen-bond donors (Lipinski definition) is 0. The molecule has 6 heteroatoms. The van der Waals surface area contributed by atoms with Gasteiger partial charge in [-0.15, -0.1) is 0 Å². The van der Waals surface area contributed by atoms with Gasteiger partial charge in [0.15, 0.2) is 12.0 Å². The third-order valence-corrected chi connectivity index (χ3v) is 5.04. The zero-order valence-electron chi connectivity index (χ0n) is 15.8. The monoisotopic (exact) mass is 388 g/mol. The lowest BCUT2D eigenvalue weighted by atomic mass is 10.0. The molecule has 1 aliphatic heterocycles. The number of hydrogen-bond acceptors (Lipinski definition) is 4. The molecule has 0 atom stereocenters. The molecule has 0 saturated carbocycles. The molecule has 2 heterocycles. The first-order valence-corrected chi connectivity index (χ1v) is 9.45. The van der Waals surface area contributed by atoms with E-state index in [-0.39, 0.29) is 17.6 Å². The van der Waals surface area contributed by atoms with Gasteiger partial charge in [-0.25, -0.2) is 0 Å². The van der Waals surface area contributed by atoms with Crippen molar-refractivity contribution in [2.24, 2.45) is 0 Å². The van der Waals surface area contributed by atoms with Crippen molar-refractivity contribution < 1.29 is 18.8 Å². The number of rotatable bonds is 4. The fourth-order valence-corrected chi connectivity index (χ4v) is 3.49. The van der Waals surface area contributed by atoms with Gasteiger partial charge in [-0.2, -0.15) is 0 Å². The molecular formula is C23H20N2O4. The summed E-state index contributed by atoms with van der Waals surface area (Å²) < 4.78 is 5.50. The van der Waals surface area contributed by atoms with Crippen LogP contribution in [-0.2, 0) is 0 Å². The molecule has 1 aromatic heterocycles. The highest BCUT2D eigenvalue weighted by Crippen LogP contribution is 2.27. The van der Waals surface area contributed by atoms with E-state index in [1.54, 1.807) is 52.3 Å². The highest BCUT2D eigenvalue weighted by molar-refractivity contribution is 6.00. The average molecular weight is 388 g/mol. The van der Waals surface area contributed by atoms with Crippen LogP contribution in [0.25, 0.3) is 11.3 Å². The number of carbonyl (C=O) groups is 3. The largest absolute Gasteiger partial charge is 0.453 e. The first-order chi connectivity index (χ1) is 14.2. The van der Waals surface area contributed by atoms with Gasteiger partial charge in [-0.05, 0) is 30.3 Å². The molecule has 1 saturated heterocycles. The smallest absolute Gasteiger partial charge is 0.254 e. The Kier molecular flexibility index (Phi) is 5.24. The summed E-state index contributed by atoms with van der Waals surface area (Å²) in [6.07, 6.45) is 0.636. The van der Waals surface area contributed by atoms with Crippen molar-refractivity contribution in [2.45, 2.75) is 0 Å². The fraction of sp³-hybridized carbons (Fsp3) is 0.174. The molecule has 4 rings (SSSR count). The molecule has 0 spiro atoms. The Morgan fingerprint density at radius 1 is 0.759 bits per heavy atom. The number of furan rings is 1. The van der Waals surface area contributed by atoms with E-state index in [4.69, 9.17) is 4.42 Å². The highest BCUT2D eigenvalue weighted by Gasteiger charge is 2.27. The van der Waals surface area contributed by atoms with Crippen LogP contribution >= 0.6 is 0 Å². The molecule has 0 radical (unpaired) electrons. The lowest BCUT2D eigenvalue weighted by molar-refractivity contribution is 0.0536. The topological polar surface area (TPSA) is 70.8 Å². The standard InChI is InChI=1S/C23H20N2O4/c26-16-18-10-11-21(29-18)19-8-4-5-9-20(19)23(28)25-14-12-24(13-15-25)22(27)17-6-2-1-3-7-17/h1-11,16H,12-15H2. The summed E-state index contributed by atoms with van der Waals surface area (Å²) in [5.74, 6) is 0.566. The third kappa shape index (κ3) is 3.82. The minimum atomic E-state index is -0.114. The average Bonchev–Trinajstić information content (AvgIpc) is 3.28. The Hall–Kier alpha value is -3.67. The zero-order valence-corrected chi connectivity index (χ0v) is 15.8. The molecule has 1 aliphatic rings.